The Morgan fingerprint density at radius 3 is 2.45 bits per heavy atom. The first-order valence-corrected chi connectivity index (χ1v) is 12.3. The van der Waals surface area contributed by atoms with Crippen LogP contribution in [0.2, 0.25) is 0 Å². The van der Waals surface area contributed by atoms with Gasteiger partial charge >= 0.3 is 0 Å². The lowest BCUT2D eigenvalue weighted by Gasteiger charge is -2.21. The van der Waals surface area contributed by atoms with Gasteiger partial charge in [0, 0.05) is 17.3 Å². The molecule has 0 aromatic heterocycles. The summed E-state index contributed by atoms with van der Waals surface area (Å²) in [4.78, 5) is 25.5. The minimum absolute atomic E-state index is 0.202. The van der Waals surface area contributed by atoms with E-state index >= 15 is 0 Å². The Labute approximate surface area is 193 Å². The Bertz CT molecular complexity index is 1310. The zero-order chi connectivity index (χ0) is 23.6. The number of ether oxygens (including phenoxy) is 1. The number of hydrogen-bond donors (Lipinski definition) is 1. The van der Waals surface area contributed by atoms with E-state index < -0.39 is 10.0 Å². The molecule has 1 N–H and O–H groups in total. The van der Waals surface area contributed by atoms with Gasteiger partial charge in [-0.25, -0.2) is 8.42 Å². The van der Waals surface area contributed by atoms with Crippen molar-refractivity contribution in [1.82, 2.24) is 0 Å². The molecule has 1 aliphatic rings. The smallest absolute Gasteiger partial charge is 0.259 e. The summed E-state index contributed by atoms with van der Waals surface area (Å²) in [7, 11) is -3.39. The molecule has 1 aliphatic heterocycles. The molecule has 1 atom stereocenters. The number of hydrogen-bond acceptors (Lipinski definition) is 5. The molecule has 0 saturated heterocycles. The van der Waals surface area contributed by atoms with E-state index in [9.17, 15) is 18.0 Å². The van der Waals surface area contributed by atoms with Crippen LogP contribution in [-0.2, 0) is 16.4 Å². The second-order valence-corrected chi connectivity index (χ2v) is 9.84. The van der Waals surface area contributed by atoms with Crippen LogP contribution in [0.4, 0.5) is 11.4 Å². The Morgan fingerprint density at radius 1 is 1.03 bits per heavy atom. The SMILES string of the molecule is C[C@@H]1Cc2cc(C(=O)COc3ccccc3C(=O)Nc3ccccc3)ccc2N1S(C)(=O)=O. The van der Waals surface area contributed by atoms with Gasteiger partial charge < -0.3 is 10.1 Å². The number of carbonyl (C=O) groups is 2. The number of nitrogens with one attached hydrogen (secondary N) is 1. The number of amides is 1. The third-order valence-corrected chi connectivity index (χ3v) is 6.71. The molecule has 0 unspecified atom stereocenters. The number of anilines is 2. The molecule has 0 radical (unpaired) electrons. The van der Waals surface area contributed by atoms with Gasteiger partial charge in [-0.3, -0.25) is 13.9 Å². The Morgan fingerprint density at radius 2 is 1.73 bits per heavy atom. The topological polar surface area (TPSA) is 92.8 Å². The number of sulfonamides is 1. The summed E-state index contributed by atoms with van der Waals surface area (Å²) in [6.07, 6.45) is 1.71. The van der Waals surface area contributed by atoms with Gasteiger partial charge in [-0.05, 0) is 61.4 Å². The van der Waals surface area contributed by atoms with Crippen LogP contribution < -0.4 is 14.4 Å². The molecule has 0 bridgehead atoms. The summed E-state index contributed by atoms with van der Waals surface area (Å²) in [5.41, 5.74) is 2.82. The maximum absolute atomic E-state index is 12.8. The number of ketones is 1. The molecule has 3 aromatic carbocycles. The molecular weight excluding hydrogens is 440 g/mol. The van der Waals surface area contributed by atoms with E-state index in [-0.39, 0.29) is 24.3 Å². The van der Waals surface area contributed by atoms with E-state index in [1.54, 1.807) is 54.6 Å². The Balaban J connectivity index is 1.47. The van der Waals surface area contributed by atoms with Gasteiger partial charge in [0.15, 0.2) is 12.4 Å². The molecular formula is C25H24N2O5S. The number of Topliss-reactive ketones (excluding diaryl/α,β-unsaturated/α-hetero) is 1. The Kier molecular flexibility index (Phi) is 6.20. The number of fused-ring (bicyclic) bond motifs is 1. The van der Waals surface area contributed by atoms with Crippen molar-refractivity contribution in [3.63, 3.8) is 0 Å². The number of rotatable bonds is 7. The summed E-state index contributed by atoms with van der Waals surface area (Å²) in [5.74, 6) is -0.296. The van der Waals surface area contributed by atoms with Crippen molar-refractivity contribution in [2.45, 2.75) is 19.4 Å². The first-order valence-electron chi connectivity index (χ1n) is 10.5. The second-order valence-electron chi connectivity index (χ2n) is 7.98. The highest BCUT2D eigenvalue weighted by molar-refractivity contribution is 7.92. The maximum Gasteiger partial charge on any atom is 0.259 e. The van der Waals surface area contributed by atoms with E-state index in [2.05, 4.69) is 5.32 Å². The summed E-state index contributed by atoms with van der Waals surface area (Å²) < 4.78 is 31.3. The molecule has 170 valence electrons. The van der Waals surface area contributed by atoms with Crippen molar-refractivity contribution < 1.29 is 22.7 Å². The van der Waals surface area contributed by atoms with Crippen molar-refractivity contribution in [1.29, 1.82) is 0 Å². The molecule has 0 aliphatic carbocycles. The minimum Gasteiger partial charge on any atom is -0.485 e. The highest BCUT2D eigenvalue weighted by Crippen LogP contribution is 2.34. The normalized spacial score (nSPS) is 15.1. The van der Waals surface area contributed by atoms with E-state index in [1.165, 1.54) is 10.6 Å². The zero-order valence-electron chi connectivity index (χ0n) is 18.3. The summed E-state index contributed by atoms with van der Waals surface area (Å²) in [5, 5.41) is 2.81. The summed E-state index contributed by atoms with van der Waals surface area (Å²) in [6, 6.07) is 20.6. The van der Waals surface area contributed by atoms with Crippen molar-refractivity contribution in [3.05, 3.63) is 89.5 Å². The molecule has 4 rings (SSSR count). The van der Waals surface area contributed by atoms with Crippen LogP contribution in [-0.4, -0.2) is 39.0 Å². The highest BCUT2D eigenvalue weighted by atomic mass is 32.2. The van der Waals surface area contributed by atoms with Crippen LogP contribution in [0.15, 0.2) is 72.8 Å². The molecule has 1 amide bonds. The molecule has 0 spiro atoms. The molecule has 33 heavy (non-hydrogen) atoms. The van der Waals surface area contributed by atoms with Crippen LogP contribution >= 0.6 is 0 Å². The van der Waals surface area contributed by atoms with E-state index in [0.29, 0.717) is 34.7 Å². The van der Waals surface area contributed by atoms with Crippen molar-refractivity contribution >= 4 is 33.1 Å². The first kappa shape index (κ1) is 22.5. The predicted molar refractivity (Wildman–Crippen MR) is 128 cm³/mol. The zero-order valence-corrected chi connectivity index (χ0v) is 19.1. The van der Waals surface area contributed by atoms with Gasteiger partial charge in [0.25, 0.3) is 5.91 Å². The van der Waals surface area contributed by atoms with Crippen LogP contribution in [0.1, 0.15) is 33.2 Å². The molecule has 8 heteroatoms. The lowest BCUT2D eigenvalue weighted by Crippen LogP contribution is -2.34. The van der Waals surface area contributed by atoms with Gasteiger partial charge in [0.2, 0.25) is 10.0 Å². The fraction of sp³-hybridized carbons (Fsp3) is 0.200. The average Bonchev–Trinajstić information content (AvgIpc) is 3.13. The van der Waals surface area contributed by atoms with Gasteiger partial charge in [0.1, 0.15) is 5.75 Å². The quantitative estimate of drug-likeness (QED) is 0.535. The van der Waals surface area contributed by atoms with Crippen molar-refractivity contribution in [3.8, 4) is 5.75 Å². The van der Waals surface area contributed by atoms with Gasteiger partial charge in [-0.15, -0.1) is 0 Å². The molecule has 7 nitrogen and oxygen atoms in total. The molecule has 1 heterocycles. The fourth-order valence-electron chi connectivity index (χ4n) is 4.01. The summed E-state index contributed by atoms with van der Waals surface area (Å²) >= 11 is 0. The monoisotopic (exact) mass is 464 g/mol. The van der Waals surface area contributed by atoms with Crippen molar-refractivity contribution in [2.75, 3.05) is 22.5 Å². The third kappa shape index (κ3) is 4.90. The van der Waals surface area contributed by atoms with Crippen LogP contribution in [0.5, 0.6) is 5.75 Å². The predicted octanol–water partition coefficient (Wildman–Crippen LogP) is 3.91. The van der Waals surface area contributed by atoms with Crippen LogP contribution in [0.25, 0.3) is 0 Å². The van der Waals surface area contributed by atoms with Gasteiger partial charge in [-0.1, -0.05) is 30.3 Å². The highest BCUT2D eigenvalue weighted by Gasteiger charge is 2.32. The molecule has 0 fully saturated rings. The van der Waals surface area contributed by atoms with E-state index in [0.717, 1.165) is 5.56 Å². The average molecular weight is 465 g/mol. The van der Waals surface area contributed by atoms with Crippen molar-refractivity contribution in [2.24, 2.45) is 0 Å². The van der Waals surface area contributed by atoms with E-state index in [1.807, 2.05) is 25.1 Å². The third-order valence-electron chi connectivity index (χ3n) is 5.43. The van der Waals surface area contributed by atoms with Gasteiger partial charge in [0.05, 0.1) is 17.5 Å². The first-order chi connectivity index (χ1) is 15.7. The maximum atomic E-state index is 12.8. The number of carbonyl (C=O) groups excluding carboxylic acids is 2. The van der Waals surface area contributed by atoms with E-state index in [4.69, 9.17) is 4.74 Å². The molecule has 0 saturated carbocycles. The fourth-order valence-corrected chi connectivity index (χ4v) is 5.27. The lowest BCUT2D eigenvalue weighted by atomic mass is 10.0. The Hall–Kier alpha value is -3.65. The number of nitrogens with zero attached hydrogens (tertiary/aromatic N) is 1. The van der Waals surface area contributed by atoms with Crippen LogP contribution in [0, 0.1) is 0 Å². The minimum atomic E-state index is -3.39. The number of benzene rings is 3. The number of para-hydroxylation sites is 2. The standard InChI is InChI=1S/C25H24N2O5S/c1-17-14-19-15-18(12-13-22(19)27(17)33(2,30)31)23(28)16-32-24-11-7-6-10-21(24)25(29)26-20-8-4-3-5-9-20/h3-13,15,17H,14,16H2,1-2H3,(H,26,29)/t17-/m1/s1. The lowest BCUT2D eigenvalue weighted by molar-refractivity contribution is 0.0914. The largest absolute Gasteiger partial charge is 0.485 e. The summed E-state index contributed by atoms with van der Waals surface area (Å²) in [6.45, 7) is 1.59. The van der Waals surface area contributed by atoms with Gasteiger partial charge in [-0.2, -0.15) is 0 Å². The second kappa shape index (κ2) is 9.07. The molecule has 3 aromatic rings. The van der Waals surface area contributed by atoms with Crippen LogP contribution in [0.3, 0.4) is 0 Å².